The molecular formula is C14H26N2O3. The molecule has 3 N–H and O–H groups in total. The van der Waals surface area contributed by atoms with Crippen molar-refractivity contribution in [3.63, 3.8) is 0 Å². The second-order valence-corrected chi connectivity index (χ2v) is 6.53. The summed E-state index contributed by atoms with van der Waals surface area (Å²) in [5.41, 5.74) is -0.276. The summed E-state index contributed by atoms with van der Waals surface area (Å²) >= 11 is 0. The maximum Gasteiger partial charge on any atom is 0.315 e. The number of carboxylic acids is 1. The number of carboxylic acid groups (broad SMARTS) is 1. The van der Waals surface area contributed by atoms with Gasteiger partial charge in [0.1, 0.15) is 0 Å². The van der Waals surface area contributed by atoms with E-state index in [4.69, 9.17) is 5.11 Å². The third kappa shape index (κ3) is 5.49. The van der Waals surface area contributed by atoms with Gasteiger partial charge in [0.25, 0.3) is 0 Å². The van der Waals surface area contributed by atoms with Crippen molar-refractivity contribution >= 4 is 12.0 Å². The Labute approximate surface area is 115 Å². The molecule has 0 spiro atoms. The molecule has 0 bridgehead atoms. The predicted molar refractivity (Wildman–Crippen MR) is 74.0 cm³/mol. The van der Waals surface area contributed by atoms with E-state index in [1.807, 2.05) is 20.8 Å². The molecule has 110 valence electrons. The number of rotatable bonds is 6. The van der Waals surface area contributed by atoms with Crippen molar-refractivity contribution in [2.75, 3.05) is 0 Å². The van der Waals surface area contributed by atoms with Gasteiger partial charge in [-0.15, -0.1) is 0 Å². The highest BCUT2D eigenvalue weighted by atomic mass is 16.4. The van der Waals surface area contributed by atoms with E-state index in [1.54, 1.807) is 0 Å². The third-order valence-corrected chi connectivity index (χ3v) is 3.63. The van der Waals surface area contributed by atoms with Crippen LogP contribution in [0.5, 0.6) is 0 Å². The molecule has 1 saturated carbocycles. The quantitative estimate of drug-likeness (QED) is 0.693. The number of nitrogens with one attached hydrogen (secondary N) is 2. The zero-order chi connectivity index (χ0) is 14.6. The SMILES string of the molecule is CCCC1CC1NC(=O)NC(CC(=O)O)C(C)(C)C. The maximum absolute atomic E-state index is 11.9. The molecule has 1 fully saturated rings. The van der Waals surface area contributed by atoms with Crippen molar-refractivity contribution in [1.29, 1.82) is 0 Å². The molecule has 5 nitrogen and oxygen atoms in total. The summed E-state index contributed by atoms with van der Waals surface area (Å²) in [4.78, 5) is 22.7. The standard InChI is InChI=1S/C14H26N2O3/c1-5-6-9-7-10(9)15-13(19)16-11(8-12(17)18)14(2,3)4/h9-11H,5-8H2,1-4H3,(H,17,18)(H2,15,16,19). The molecule has 2 amide bonds. The topological polar surface area (TPSA) is 78.4 Å². The van der Waals surface area contributed by atoms with Crippen molar-refractivity contribution < 1.29 is 14.7 Å². The summed E-state index contributed by atoms with van der Waals surface area (Å²) in [5.74, 6) is -0.293. The smallest absolute Gasteiger partial charge is 0.315 e. The third-order valence-electron chi connectivity index (χ3n) is 3.63. The number of aliphatic carboxylic acids is 1. The van der Waals surface area contributed by atoms with E-state index in [9.17, 15) is 9.59 Å². The Morgan fingerprint density at radius 3 is 2.47 bits per heavy atom. The van der Waals surface area contributed by atoms with Gasteiger partial charge in [0.15, 0.2) is 0 Å². The van der Waals surface area contributed by atoms with Gasteiger partial charge in [-0.2, -0.15) is 0 Å². The minimum absolute atomic E-state index is 0.0556. The van der Waals surface area contributed by atoms with Gasteiger partial charge in [-0.25, -0.2) is 4.79 Å². The van der Waals surface area contributed by atoms with E-state index >= 15 is 0 Å². The summed E-state index contributed by atoms with van der Waals surface area (Å²) in [5, 5.41) is 14.6. The lowest BCUT2D eigenvalue weighted by Crippen LogP contribution is -2.49. The van der Waals surface area contributed by atoms with Crippen molar-refractivity contribution in [1.82, 2.24) is 10.6 Å². The van der Waals surface area contributed by atoms with Crippen molar-refractivity contribution in [2.45, 2.75) is 65.5 Å². The fourth-order valence-corrected chi connectivity index (χ4v) is 2.23. The zero-order valence-corrected chi connectivity index (χ0v) is 12.3. The van der Waals surface area contributed by atoms with Crippen LogP contribution in [0.1, 0.15) is 53.4 Å². The first-order chi connectivity index (χ1) is 8.74. The molecule has 0 aromatic carbocycles. The van der Waals surface area contributed by atoms with Crippen LogP contribution in [0.3, 0.4) is 0 Å². The van der Waals surface area contributed by atoms with Crippen LogP contribution in [0, 0.1) is 11.3 Å². The molecule has 19 heavy (non-hydrogen) atoms. The molecule has 0 heterocycles. The molecule has 0 radical (unpaired) electrons. The molecule has 5 heteroatoms. The van der Waals surface area contributed by atoms with Gasteiger partial charge < -0.3 is 15.7 Å². The van der Waals surface area contributed by atoms with Gasteiger partial charge in [0, 0.05) is 12.1 Å². The average Bonchev–Trinajstić information content (AvgIpc) is 2.93. The highest BCUT2D eigenvalue weighted by molar-refractivity contribution is 5.76. The lowest BCUT2D eigenvalue weighted by atomic mass is 9.85. The molecule has 0 aromatic heterocycles. The molecule has 0 aromatic rings. The van der Waals surface area contributed by atoms with E-state index in [0.29, 0.717) is 5.92 Å². The summed E-state index contributed by atoms with van der Waals surface area (Å²) < 4.78 is 0. The van der Waals surface area contributed by atoms with E-state index in [-0.39, 0.29) is 30.0 Å². The van der Waals surface area contributed by atoms with Crippen LogP contribution in [-0.4, -0.2) is 29.2 Å². The molecule has 3 unspecified atom stereocenters. The monoisotopic (exact) mass is 270 g/mol. The Morgan fingerprint density at radius 2 is 2.00 bits per heavy atom. The summed E-state index contributed by atoms with van der Waals surface area (Å²) in [6.07, 6.45) is 3.26. The van der Waals surface area contributed by atoms with Crippen LogP contribution in [-0.2, 0) is 4.79 Å². The average molecular weight is 270 g/mol. The number of hydrogen-bond acceptors (Lipinski definition) is 2. The summed E-state index contributed by atoms with van der Waals surface area (Å²) in [7, 11) is 0. The fraction of sp³-hybridized carbons (Fsp3) is 0.857. The number of carbonyl (C=O) groups excluding carboxylic acids is 1. The van der Waals surface area contributed by atoms with E-state index in [1.165, 1.54) is 0 Å². The van der Waals surface area contributed by atoms with Gasteiger partial charge in [0.2, 0.25) is 0 Å². The second-order valence-electron chi connectivity index (χ2n) is 6.53. The summed E-state index contributed by atoms with van der Waals surface area (Å²) in [6.45, 7) is 7.92. The first-order valence-electron chi connectivity index (χ1n) is 7.02. The molecule has 1 rings (SSSR count). The van der Waals surface area contributed by atoms with Gasteiger partial charge in [-0.05, 0) is 24.2 Å². The molecule has 0 saturated heterocycles. The van der Waals surface area contributed by atoms with Crippen LogP contribution in [0.4, 0.5) is 4.79 Å². The largest absolute Gasteiger partial charge is 0.481 e. The number of carbonyl (C=O) groups is 2. The Kier molecular flexibility index (Phi) is 5.20. The predicted octanol–water partition coefficient (Wildman–Crippen LogP) is 2.36. The van der Waals surface area contributed by atoms with Crippen LogP contribution in [0.2, 0.25) is 0 Å². The first-order valence-corrected chi connectivity index (χ1v) is 7.02. The van der Waals surface area contributed by atoms with Crippen LogP contribution < -0.4 is 10.6 Å². The Morgan fingerprint density at radius 1 is 1.37 bits per heavy atom. The molecule has 1 aliphatic rings. The highest BCUT2D eigenvalue weighted by Crippen LogP contribution is 2.34. The number of urea groups is 1. The normalized spacial score (nSPS) is 23.6. The molecule has 0 aliphatic heterocycles. The van der Waals surface area contributed by atoms with Crippen LogP contribution >= 0.6 is 0 Å². The molecular weight excluding hydrogens is 244 g/mol. The van der Waals surface area contributed by atoms with E-state index in [0.717, 1.165) is 19.3 Å². The first kappa shape index (κ1) is 15.8. The van der Waals surface area contributed by atoms with E-state index in [2.05, 4.69) is 17.6 Å². The minimum atomic E-state index is -0.893. The zero-order valence-electron chi connectivity index (χ0n) is 12.3. The minimum Gasteiger partial charge on any atom is -0.481 e. The molecule has 3 atom stereocenters. The number of hydrogen-bond donors (Lipinski definition) is 3. The van der Waals surface area contributed by atoms with Gasteiger partial charge in [0.05, 0.1) is 6.42 Å². The Balaban J connectivity index is 2.42. The van der Waals surface area contributed by atoms with Crippen molar-refractivity contribution in [3.05, 3.63) is 0 Å². The van der Waals surface area contributed by atoms with Gasteiger partial charge >= 0.3 is 12.0 Å². The van der Waals surface area contributed by atoms with Gasteiger partial charge in [-0.3, -0.25) is 4.79 Å². The van der Waals surface area contributed by atoms with Crippen molar-refractivity contribution in [2.24, 2.45) is 11.3 Å². The van der Waals surface area contributed by atoms with E-state index < -0.39 is 5.97 Å². The van der Waals surface area contributed by atoms with Crippen LogP contribution in [0.15, 0.2) is 0 Å². The maximum atomic E-state index is 11.9. The molecule has 1 aliphatic carbocycles. The Hall–Kier alpha value is -1.26. The highest BCUT2D eigenvalue weighted by Gasteiger charge is 2.38. The van der Waals surface area contributed by atoms with Crippen LogP contribution in [0.25, 0.3) is 0 Å². The number of amides is 2. The lowest BCUT2D eigenvalue weighted by Gasteiger charge is -2.30. The Bertz CT molecular complexity index is 336. The lowest BCUT2D eigenvalue weighted by molar-refractivity contribution is -0.138. The van der Waals surface area contributed by atoms with Gasteiger partial charge in [-0.1, -0.05) is 34.1 Å². The van der Waals surface area contributed by atoms with Crippen molar-refractivity contribution in [3.8, 4) is 0 Å². The summed E-state index contributed by atoms with van der Waals surface area (Å²) in [6, 6.07) is -0.344. The second kappa shape index (κ2) is 6.26. The fourth-order valence-electron chi connectivity index (χ4n) is 2.23.